The Hall–Kier alpha value is -1.04. The first-order valence-corrected chi connectivity index (χ1v) is 3.33. The van der Waals surface area contributed by atoms with E-state index >= 15 is 0 Å². The molecule has 0 radical (unpaired) electrons. The summed E-state index contributed by atoms with van der Waals surface area (Å²) in [5, 5.41) is 8.07. The number of nitrogens with zero attached hydrogens (tertiary/aromatic N) is 1. The first-order chi connectivity index (χ1) is 4.81. The number of carbonyl (C=O) groups excluding carboxylic acids is 1. The molecule has 3 heteroatoms. The van der Waals surface area contributed by atoms with Crippen molar-refractivity contribution >= 4 is 5.97 Å². The molecule has 0 unspecified atom stereocenters. The first-order valence-electron chi connectivity index (χ1n) is 3.33. The number of esters is 1. The maximum Gasteiger partial charge on any atom is 0.305 e. The van der Waals surface area contributed by atoms with E-state index in [1.165, 1.54) is 0 Å². The largest absolute Gasteiger partial charge is 0.465 e. The molecule has 0 N–H and O–H groups in total. The lowest BCUT2D eigenvalue weighted by molar-refractivity contribution is -0.143. The minimum atomic E-state index is -0.210. The van der Waals surface area contributed by atoms with Crippen LogP contribution in [0.2, 0.25) is 0 Å². The van der Waals surface area contributed by atoms with E-state index < -0.39 is 0 Å². The third-order valence-corrected chi connectivity index (χ3v) is 0.931. The van der Waals surface area contributed by atoms with E-state index in [4.69, 9.17) is 5.26 Å². The summed E-state index contributed by atoms with van der Waals surface area (Å²) >= 11 is 0. The van der Waals surface area contributed by atoms with Crippen molar-refractivity contribution in [3.63, 3.8) is 0 Å². The Morgan fingerprint density at radius 1 is 1.70 bits per heavy atom. The van der Waals surface area contributed by atoms with Crippen molar-refractivity contribution in [2.75, 3.05) is 6.61 Å². The summed E-state index contributed by atoms with van der Waals surface area (Å²) in [4.78, 5) is 10.6. The highest BCUT2D eigenvalue weighted by Gasteiger charge is 1.97. The fraction of sp³-hybridized carbons (Fsp3) is 0.714. The number of nitriles is 1. The molecule has 0 heterocycles. The smallest absolute Gasteiger partial charge is 0.305 e. The van der Waals surface area contributed by atoms with Crippen molar-refractivity contribution in [2.45, 2.75) is 26.2 Å². The molecule has 0 aliphatic carbocycles. The second-order valence-corrected chi connectivity index (χ2v) is 1.88. The van der Waals surface area contributed by atoms with Gasteiger partial charge in [-0.25, -0.2) is 0 Å². The second-order valence-electron chi connectivity index (χ2n) is 1.88. The number of hydrogen-bond acceptors (Lipinski definition) is 3. The summed E-state index contributed by atoms with van der Waals surface area (Å²) in [6.07, 6.45) is 1.53. The summed E-state index contributed by atoms with van der Waals surface area (Å²) in [6.45, 7) is 2.14. The van der Waals surface area contributed by atoms with E-state index in [0.717, 1.165) is 6.42 Å². The van der Waals surface area contributed by atoms with Crippen LogP contribution < -0.4 is 0 Å². The maximum atomic E-state index is 10.6. The molecule has 0 bridgehead atoms. The zero-order valence-corrected chi connectivity index (χ0v) is 6.09. The van der Waals surface area contributed by atoms with Crippen molar-refractivity contribution in [3.05, 3.63) is 0 Å². The van der Waals surface area contributed by atoms with Crippen LogP contribution in [0.1, 0.15) is 26.2 Å². The van der Waals surface area contributed by atoms with Crippen LogP contribution in [0.4, 0.5) is 0 Å². The standard InChI is InChI=1S/C7H11NO2/c1-2-4-7(9)10-6-3-5-8/h2-4,6H2,1H3. The Balaban J connectivity index is 3.15. The van der Waals surface area contributed by atoms with Gasteiger partial charge in [0.15, 0.2) is 0 Å². The van der Waals surface area contributed by atoms with E-state index in [0.29, 0.717) is 6.42 Å². The molecule has 56 valence electrons. The predicted molar refractivity (Wildman–Crippen MR) is 36.1 cm³/mol. The highest BCUT2D eigenvalue weighted by molar-refractivity contribution is 5.69. The molecular formula is C7H11NO2. The Morgan fingerprint density at radius 3 is 2.90 bits per heavy atom. The lowest BCUT2D eigenvalue weighted by atomic mass is 10.3. The van der Waals surface area contributed by atoms with Crippen molar-refractivity contribution in [3.8, 4) is 6.07 Å². The summed E-state index contributed by atoms with van der Waals surface area (Å²) < 4.78 is 4.66. The fourth-order valence-electron chi connectivity index (χ4n) is 0.487. The molecule has 0 aromatic carbocycles. The van der Waals surface area contributed by atoms with Gasteiger partial charge in [-0.1, -0.05) is 6.92 Å². The van der Waals surface area contributed by atoms with Gasteiger partial charge in [0, 0.05) is 6.42 Å². The molecule has 0 atom stereocenters. The normalized spacial score (nSPS) is 8.40. The van der Waals surface area contributed by atoms with Crippen LogP contribution in [0.5, 0.6) is 0 Å². The number of hydrogen-bond donors (Lipinski definition) is 0. The van der Waals surface area contributed by atoms with Gasteiger partial charge in [-0.2, -0.15) is 5.26 Å². The van der Waals surface area contributed by atoms with Gasteiger partial charge >= 0.3 is 5.97 Å². The molecule has 0 saturated carbocycles. The Kier molecular flexibility index (Phi) is 5.45. The fourth-order valence-corrected chi connectivity index (χ4v) is 0.487. The summed E-state index contributed by atoms with van der Waals surface area (Å²) in [5.41, 5.74) is 0. The van der Waals surface area contributed by atoms with Gasteiger partial charge in [0.25, 0.3) is 0 Å². The summed E-state index contributed by atoms with van der Waals surface area (Å²) in [7, 11) is 0. The minimum Gasteiger partial charge on any atom is -0.465 e. The van der Waals surface area contributed by atoms with Gasteiger partial charge in [-0.3, -0.25) is 4.79 Å². The van der Waals surface area contributed by atoms with Crippen LogP contribution in [-0.2, 0) is 9.53 Å². The van der Waals surface area contributed by atoms with E-state index in [1.807, 2.05) is 13.0 Å². The summed E-state index contributed by atoms with van der Waals surface area (Å²) in [6, 6.07) is 1.89. The lowest BCUT2D eigenvalue weighted by Crippen LogP contribution is -2.04. The molecule has 0 aromatic heterocycles. The molecule has 0 rings (SSSR count). The molecule has 0 aliphatic rings. The molecule has 0 fully saturated rings. The SMILES string of the molecule is CCCC(=O)OCCC#N. The van der Waals surface area contributed by atoms with Crippen LogP contribution in [0, 0.1) is 11.3 Å². The Morgan fingerprint density at radius 2 is 2.40 bits per heavy atom. The molecule has 10 heavy (non-hydrogen) atoms. The molecule has 0 saturated heterocycles. The maximum absolute atomic E-state index is 10.6. The van der Waals surface area contributed by atoms with E-state index in [1.54, 1.807) is 0 Å². The lowest BCUT2D eigenvalue weighted by Gasteiger charge is -1.98. The van der Waals surface area contributed by atoms with E-state index in [2.05, 4.69) is 4.74 Å². The van der Waals surface area contributed by atoms with Gasteiger partial charge < -0.3 is 4.74 Å². The van der Waals surface area contributed by atoms with Gasteiger partial charge in [-0.05, 0) is 6.42 Å². The van der Waals surface area contributed by atoms with E-state index in [9.17, 15) is 4.79 Å². The molecule has 0 aromatic rings. The topological polar surface area (TPSA) is 50.1 Å². The number of rotatable bonds is 4. The average molecular weight is 141 g/mol. The molecule has 0 aliphatic heterocycles. The second kappa shape index (κ2) is 6.09. The first kappa shape index (κ1) is 8.96. The van der Waals surface area contributed by atoms with Crippen molar-refractivity contribution in [1.82, 2.24) is 0 Å². The Labute approximate surface area is 60.6 Å². The zero-order valence-electron chi connectivity index (χ0n) is 6.09. The van der Waals surface area contributed by atoms with Gasteiger partial charge in [-0.15, -0.1) is 0 Å². The van der Waals surface area contributed by atoms with Crippen LogP contribution in [-0.4, -0.2) is 12.6 Å². The monoisotopic (exact) mass is 141 g/mol. The Bertz CT molecular complexity index is 137. The average Bonchev–Trinajstić information content (AvgIpc) is 1.89. The number of ether oxygens (including phenoxy) is 1. The number of carbonyl (C=O) groups is 1. The van der Waals surface area contributed by atoms with Crippen LogP contribution in [0.3, 0.4) is 0 Å². The van der Waals surface area contributed by atoms with Crippen molar-refractivity contribution in [1.29, 1.82) is 5.26 Å². The molecule has 0 amide bonds. The molecular weight excluding hydrogens is 130 g/mol. The molecule has 0 spiro atoms. The third kappa shape index (κ3) is 5.10. The van der Waals surface area contributed by atoms with Gasteiger partial charge in [0.1, 0.15) is 6.61 Å². The van der Waals surface area contributed by atoms with Crippen LogP contribution >= 0.6 is 0 Å². The predicted octanol–water partition coefficient (Wildman–Crippen LogP) is 1.24. The molecule has 3 nitrogen and oxygen atoms in total. The quantitative estimate of drug-likeness (QED) is 0.437. The zero-order chi connectivity index (χ0) is 7.82. The van der Waals surface area contributed by atoms with Gasteiger partial charge in [0.2, 0.25) is 0 Å². The van der Waals surface area contributed by atoms with Gasteiger partial charge in [0.05, 0.1) is 12.5 Å². The van der Waals surface area contributed by atoms with Crippen LogP contribution in [0.15, 0.2) is 0 Å². The highest BCUT2D eigenvalue weighted by atomic mass is 16.5. The van der Waals surface area contributed by atoms with E-state index in [-0.39, 0.29) is 19.0 Å². The minimum absolute atomic E-state index is 0.210. The summed E-state index contributed by atoms with van der Waals surface area (Å²) in [5.74, 6) is -0.210. The van der Waals surface area contributed by atoms with Crippen LogP contribution in [0.25, 0.3) is 0 Å². The third-order valence-electron chi connectivity index (χ3n) is 0.931. The highest BCUT2D eigenvalue weighted by Crippen LogP contribution is 1.91. The van der Waals surface area contributed by atoms with Crippen molar-refractivity contribution < 1.29 is 9.53 Å². The van der Waals surface area contributed by atoms with Crippen molar-refractivity contribution in [2.24, 2.45) is 0 Å².